The molecule has 0 spiro atoms. The molecule has 1 amide bonds. The van der Waals surface area contributed by atoms with E-state index in [1.807, 2.05) is 31.2 Å². The summed E-state index contributed by atoms with van der Waals surface area (Å²) in [6.07, 6.45) is 2.63. The van der Waals surface area contributed by atoms with Gasteiger partial charge in [0.1, 0.15) is 5.75 Å². The van der Waals surface area contributed by atoms with Gasteiger partial charge in [-0.25, -0.2) is 0 Å². The zero-order valence-corrected chi connectivity index (χ0v) is 12.0. The highest BCUT2D eigenvalue weighted by Gasteiger charge is 2.23. The van der Waals surface area contributed by atoms with Gasteiger partial charge in [-0.1, -0.05) is 12.1 Å². The smallest absolute Gasteiger partial charge is 0.222 e. The number of aryl methyl sites for hydroxylation is 1. The summed E-state index contributed by atoms with van der Waals surface area (Å²) in [4.78, 5) is 13.6. The van der Waals surface area contributed by atoms with Crippen molar-refractivity contribution in [1.82, 2.24) is 4.90 Å². The van der Waals surface area contributed by atoms with Gasteiger partial charge in [0.25, 0.3) is 0 Å². The van der Waals surface area contributed by atoms with Gasteiger partial charge in [-0.2, -0.15) is 0 Å². The number of rotatable bonds is 6. The number of carbonyl (C=O) groups is 1. The first-order valence-corrected chi connectivity index (χ1v) is 7.30. The molecule has 1 fully saturated rings. The number of unbranched alkanes of at least 4 members (excludes halogenated alkanes) is 1. The lowest BCUT2D eigenvalue weighted by molar-refractivity contribution is -0.130. The molecular formula is C16H23NO3. The highest BCUT2D eigenvalue weighted by atomic mass is 16.5. The Balaban J connectivity index is 1.58. The number of aliphatic hydroxyl groups is 1. The van der Waals surface area contributed by atoms with Gasteiger partial charge in [-0.05, 0) is 43.9 Å². The van der Waals surface area contributed by atoms with Crippen LogP contribution < -0.4 is 4.74 Å². The van der Waals surface area contributed by atoms with Gasteiger partial charge in [-0.15, -0.1) is 0 Å². The van der Waals surface area contributed by atoms with Crippen LogP contribution >= 0.6 is 0 Å². The second kappa shape index (κ2) is 7.29. The largest absolute Gasteiger partial charge is 0.494 e. The second-order valence-corrected chi connectivity index (χ2v) is 5.40. The van der Waals surface area contributed by atoms with Gasteiger partial charge in [0.2, 0.25) is 5.91 Å². The van der Waals surface area contributed by atoms with E-state index in [1.165, 1.54) is 5.56 Å². The van der Waals surface area contributed by atoms with Gasteiger partial charge in [-0.3, -0.25) is 4.79 Å². The summed E-state index contributed by atoms with van der Waals surface area (Å²) in [6.45, 7) is 3.87. The van der Waals surface area contributed by atoms with Crippen LogP contribution in [-0.4, -0.2) is 41.7 Å². The van der Waals surface area contributed by atoms with Crippen molar-refractivity contribution in [3.63, 3.8) is 0 Å². The number of hydrogen-bond acceptors (Lipinski definition) is 3. The average molecular weight is 277 g/mol. The Morgan fingerprint density at radius 2 is 2.30 bits per heavy atom. The van der Waals surface area contributed by atoms with Crippen LogP contribution in [0, 0.1) is 6.92 Å². The number of hydrogen-bond donors (Lipinski definition) is 1. The number of aliphatic hydroxyl groups excluding tert-OH is 1. The standard InChI is InChI=1S/C16H23NO3/c1-13-5-4-6-15(11-13)20-10-3-2-7-16(19)17-9-8-14(18)12-17/h4-6,11,14,18H,2-3,7-10,12H2,1H3/t14-/m0/s1. The highest BCUT2D eigenvalue weighted by Crippen LogP contribution is 2.14. The van der Waals surface area contributed by atoms with Crippen molar-refractivity contribution in [3.8, 4) is 5.75 Å². The van der Waals surface area contributed by atoms with E-state index < -0.39 is 0 Å². The number of ether oxygens (including phenoxy) is 1. The fourth-order valence-corrected chi connectivity index (χ4v) is 2.40. The van der Waals surface area contributed by atoms with E-state index in [4.69, 9.17) is 4.74 Å². The Morgan fingerprint density at radius 3 is 3.00 bits per heavy atom. The van der Waals surface area contributed by atoms with Crippen molar-refractivity contribution in [2.24, 2.45) is 0 Å². The first-order valence-electron chi connectivity index (χ1n) is 7.30. The molecule has 4 nitrogen and oxygen atoms in total. The zero-order valence-electron chi connectivity index (χ0n) is 12.0. The number of benzene rings is 1. The Hall–Kier alpha value is -1.55. The highest BCUT2D eigenvalue weighted by molar-refractivity contribution is 5.76. The summed E-state index contributed by atoms with van der Waals surface area (Å²) in [5, 5.41) is 9.39. The van der Waals surface area contributed by atoms with Crippen LogP contribution in [0.5, 0.6) is 5.75 Å². The average Bonchev–Trinajstić information content (AvgIpc) is 2.85. The molecule has 1 heterocycles. The second-order valence-electron chi connectivity index (χ2n) is 5.40. The summed E-state index contributed by atoms with van der Waals surface area (Å²) in [6, 6.07) is 7.98. The summed E-state index contributed by atoms with van der Waals surface area (Å²) in [5.74, 6) is 1.04. The molecule has 1 aliphatic rings. The molecular weight excluding hydrogens is 254 g/mol. The fraction of sp³-hybridized carbons (Fsp3) is 0.562. The summed E-state index contributed by atoms with van der Waals surface area (Å²) < 4.78 is 5.65. The van der Waals surface area contributed by atoms with E-state index in [-0.39, 0.29) is 12.0 Å². The molecule has 1 N–H and O–H groups in total. The normalized spacial score (nSPS) is 18.3. The molecule has 1 aromatic rings. The maximum absolute atomic E-state index is 11.8. The number of nitrogens with zero attached hydrogens (tertiary/aromatic N) is 1. The quantitative estimate of drug-likeness (QED) is 0.810. The molecule has 0 aromatic heterocycles. The van der Waals surface area contributed by atoms with Crippen LogP contribution in [-0.2, 0) is 4.79 Å². The molecule has 4 heteroatoms. The van der Waals surface area contributed by atoms with Crippen molar-refractivity contribution >= 4 is 5.91 Å². The van der Waals surface area contributed by atoms with Crippen molar-refractivity contribution in [2.75, 3.05) is 19.7 Å². The van der Waals surface area contributed by atoms with E-state index in [1.54, 1.807) is 4.90 Å². The van der Waals surface area contributed by atoms with Crippen molar-refractivity contribution in [2.45, 2.75) is 38.7 Å². The van der Waals surface area contributed by atoms with Crippen LogP contribution in [0.25, 0.3) is 0 Å². The molecule has 1 aliphatic heterocycles. The monoisotopic (exact) mass is 277 g/mol. The molecule has 0 unspecified atom stereocenters. The Bertz CT molecular complexity index is 447. The molecule has 0 aliphatic carbocycles. The molecule has 2 rings (SSSR count). The lowest BCUT2D eigenvalue weighted by Gasteiger charge is -2.15. The summed E-state index contributed by atoms with van der Waals surface area (Å²) >= 11 is 0. The first kappa shape index (κ1) is 14.9. The lowest BCUT2D eigenvalue weighted by atomic mass is 10.2. The van der Waals surface area contributed by atoms with Crippen LogP contribution in [0.4, 0.5) is 0 Å². The third-order valence-electron chi connectivity index (χ3n) is 3.56. The van der Waals surface area contributed by atoms with Crippen molar-refractivity contribution in [1.29, 1.82) is 0 Å². The molecule has 1 saturated heterocycles. The zero-order chi connectivity index (χ0) is 14.4. The van der Waals surface area contributed by atoms with E-state index >= 15 is 0 Å². The van der Waals surface area contributed by atoms with Crippen molar-refractivity contribution in [3.05, 3.63) is 29.8 Å². The lowest BCUT2D eigenvalue weighted by Crippen LogP contribution is -2.29. The number of amides is 1. The Morgan fingerprint density at radius 1 is 1.45 bits per heavy atom. The van der Waals surface area contributed by atoms with Gasteiger partial charge < -0.3 is 14.7 Å². The molecule has 20 heavy (non-hydrogen) atoms. The predicted molar refractivity (Wildman–Crippen MR) is 77.7 cm³/mol. The fourth-order valence-electron chi connectivity index (χ4n) is 2.40. The van der Waals surface area contributed by atoms with Gasteiger partial charge in [0.15, 0.2) is 0 Å². The van der Waals surface area contributed by atoms with Crippen LogP contribution in [0.1, 0.15) is 31.2 Å². The predicted octanol–water partition coefficient (Wildman–Crippen LogP) is 2.14. The number of carbonyl (C=O) groups excluding carboxylic acids is 1. The van der Waals surface area contributed by atoms with Gasteiger partial charge in [0, 0.05) is 19.5 Å². The molecule has 0 bridgehead atoms. The Kier molecular flexibility index (Phi) is 5.41. The van der Waals surface area contributed by atoms with Gasteiger partial charge >= 0.3 is 0 Å². The molecule has 1 aromatic carbocycles. The number of likely N-dealkylation sites (tertiary alicyclic amines) is 1. The first-order chi connectivity index (χ1) is 9.65. The van der Waals surface area contributed by atoms with E-state index in [0.29, 0.717) is 32.5 Å². The molecule has 1 atom stereocenters. The molecule has 110 valence electrons. The molecule has 0 saturated carbocycles. The van der Waals surface area contributed by atoms with Crippen LogP contribution in [0.15, 0.2) is 24.3 Å². The molecule has 0 radical (unpaired) electrons. The van der Waals surface area contributed by atoms with E-state index in [0.717, 1.165) is 18.6 Å². The van der Waals surface area contributed by atoms with E-state index in [9.17, 15) is 9.90 Å². The van der Waals surface area contributed by atoms with Crippen LogP contribution in [0.3, 0.4) is 0 Å². The van der Waals surface area contributed by atoms with Crippen molar-refractivity contribution < 1.29 is 14.6 Å². The number of β-amino-alcohol motifs (C(OH)–C–C–N with tert-alkyl or cyclic N) is 1. The topological polar surface area (TPSA) is 49.8 Å². The minimum absolute atomic E-state index is 0.150. The third-order valence-corrected chi connectivity index (χ3v) is 3.56. The maximum atomic E-state index is 11.8. The van der Waals surface area contributed by atoms with Gasteiger partial charge in [0.05, 0.1) is 12.7 Å². The van der Waals surface area contributed by atoms with Crippen LogP contribution in [0.2, 0.25) is 0 Å². The minimum Gasteiger partial charge on any atom is -0.494 e. The summed E-state index contributed by atoms with van der Waals surface area (Å²) in [5.41, 5.74) is 1.19. The third kappa shape index (κ3) is 4.53. The minimum atomic E-state index is -0.330. The van der Waals surface area contributed by atoms with E-state index in [2.05, 4.69) is 0 Å². The maximum Gasteiger partial charge on any atom is 0.222 e. The Labute approximate surface area is 120 Å². The SMILES string of the molecule is Cc1cccc(OCCCCC(=O)N2CC[C@H](O)C2)c1. The summed E-state index contributed by atoms with van der Waals surface area (Å²) in [7, 11) is 0.